The highest BCUT2D eigenvalue weighted by molar-refractivity contribution is 6.29. The van der Waals surface area contributed by atoms with Crippen LogP contribution in [0.4, 0.5) is 0 Å². The first-order valence-electron chi connectivity index (χ1n) is 8.18. The topological polar surface area (TPSA) is 132 Å². The average Bonchev–Trinajstić information content (AvgIpc) is 2.71. The van der Waals surface area contributed by atoms with Crippen LogP contribution in [-0.2, 0) is 9.59 Å². The van der Waals surface area contributed by atoms with Crippen molar-refractivity contribution in [2.45, 2.75) is 11.2 Å². The molecule has 0 unspecified atom stereocenters. The molecule has 0 saturated carbocycles. The molecule has 2 atom stereocenters. The van der Waals surface area contributed by atoms with Crippen LogP contribution in [0, 0.1) is 0 Å². The Morgan fingerprint density at radius 3 is 1.39 bits per heavy atom. The zero-order valence-corrected chi connectivity index (χ0v) is 15.2. The fraction of sp³-hybridized carbons (Fsp3) is 0.200. The van der Waals surface area contributed by atoms with Crippen LogP contribution in [-0.4, -0.2) is 69.0 Å². The van der Waals surface area contributed by atoms with Gasteiger partial charge in [0.2, 0.25) is 11.6 Å². The third-order valence-electron chi connectivity index (χ3n) is 4.28. The summed E-state index contributed by atoms with van der Waals surface area (Å²) in [5.41, 5.74) is -7.90. The summed E-state index contributed by atoms with van der Waals surface area (Å²) in [4.78, 5) is 51.4. The molecule has 8 heteroatoms. The monoisotopic (exact) mass is 385 g/mol. The van der Waals surface area contributed by atoms with E-state index in [1.54, 1.807) is 12.1 Å². The van der Waals surface area contributed by atoms with Gasteiger partial charge in [0.25, 0.3) is 17.1 Å². The number of nitrogens with zero attached hydrogens (tertiary/aromatic N) is 1. The Labute approximate surface area is 160 Å². The third kappa shape index (κ3) is 3.19. The lowest BCUT2D eigenvalue weighted by molar-refractivity contribution is -0.182. The predicted molar refractivity (Wildman–Crippen MR) is 97.8 cm³/mol. The molecule has 28 heavy (non-hydrogen) atoms. The van der Waals surface area contributed by atoms with Gasteiger partial charge in [-0.05, 0) is 0 Å². The van der Waals surface area contributed by atoms with Crippen molar-refractivity contribution >= 4 is 23.4 Å². The number of likely N-dealkylation sites (N-methyl/N-ethyl adjacent to an activating group) is 1. The summed E-state index contributed by atoms with van der Waals surface area (Å²) < 4.78 is 0. The van der Waals surface area contributed by atoms with E-state index in [1.807, 2.05) is 0 Å². The van der Waals surface area contributed by atoms with Gasteiger partial charge in [0.05, 0.1) is 0 Å². The van der Waals surface area contributed by atoms with Gasteiger partial charge in [0, 0.05) is 25.2 Å². The van der Waals surface area contributed by atoms with Gasteiger partial charge >= 0.3 is 5.97 Å². The van der Waals surface area contributed by atoms with Gasteiger partial charge in [0.15, 0.2) is 0 Å². The molecule has 0 aliphatic rings. The molecule has 0 aliphatic heterocycles. The summed E-state index contributed by atoms with van der Waals surface area (Å²) in [7, 11) is 2.31. The standard InChI is InChI=1S/C20H19NO7/c1-21(2)17(24)19(27,15(22)13-9-5-3-6-10-13)20(28,18(25)26)16(23)14-11-7-4-8-12-14/h3-12,27-28H,1-2H3,(H,25,26)/t19-,20-/m1/s1. The fourth-order valence-corrected chi connectivity index (χ4v) is 2.75. The first kappa shape index (κ1) is 20.9. The highest BCUT2D eigenvalue weighted by Crippen LogP contribution is 2.32. The molecule has 0 radical (unpaired) electrons. The summed E-state index contributed by atoms with van der Waals surface area (Å²) in [5.74, 6) is -6.59. The number of hydrogen-bond donors (Lipinski definition) is 3. The largest absolute Gasteiger partial charge is 0.479 e. The van der Waals surface area contributed by atoms with Gasteiger partial charge in [-0.15, -0.1) is 0 Å². The van der Waals surface area contributed by atoms with Crippen molar-refractivity contribution in [3.63, 3.8) is 0 Å². The summed E-state index contributed by atoms with van der Waals surface area (Å²) >= 11 is 0. The molecular formula is C20H19NO7. The van der Waals surface area contributed by atoms with Crippen LogP contribution in [0.1, 0.15) is 20.7 Å². The summed E-state index contributed by atoms with van der Waals surface area (Å²) in [6, 6.07) is 13.6. The highest BCUT2D eigenvalue weighted by Gasteiger charge is 2.69. The Morgan fingerprint density at radius 1 is 0.714 bits per heavy atom. The van der Waals surface area contributed by atoms with Crippen LogP contribution in [0.25, 0.3) is 0 Å². The van der Waals surface area contributed by atoms with E-state index in [0.29, 0.717) is 0 Å². The minimum Gasteiger partial charge on any atom is -0.479 e. The zero-order chi connectivity index (χ0) is 21.1. The van der Waals surface area contributed by atoms with E-state index in [-0.39, 0.29) is 11.1 Å². The number of benzene rings is 2. The van der Waals surface area contributed by atoms with Crippen LogP contribution < -0.4 is 0 Å². The Kier molecular flexibility index (Phi) is 5.77. The molecule has 1 amide bonds. The second kappa shape index (κ2) is 7.71. The van der Waals surface area contributed by atoms with E-state index in [2.05, 4.69) is 0 Å². The molecule has 0 fully saturated rings. The van der Waals surface area contributed by atoms with Crippen molar-refractivity contribution in [2.75, 3.05) is 14.1 Å². The lowest BCUT2D eigenvalue weighted by atomic mass is 9.72. The van der Waals surface area contributed by atoms with E-state index in [1.165, 1.54) is 48.5 Å². The van der Waals surface area contributed by atoms with Crippen LogP contribution in [0.5, 0.6) is 0 Å². The number of carbonyl (C=O) groups is 4. The second-order valence-electron chi connectivity index (χ2n) is 6.32. The fourth-order valence-electron chi connectivity index (χ4n) is 2.75. The number of hydrogen-bond acceptors (Lipinski definition) is 6. The van der Waals surface area contributed by atoms with Crippen LogP contribution in [0.2, 0.25) is 0 Å². The molecule has 0 heterocycles. The Morgan fingerprint density at radius 2 is 1.07 bits per heavy atom. The maximum atomic E-state index is 13.0. The number of aliphatic hydroxyl groups is 2. The minimum absolute atomic E-state index is 0.249. The molecule has 0 aromatic heterocycles. The number of carboxylic acid groups (broad SMARTS) is 1. The van der Waals surface area contributed by atoms with Crippen LogP contribution in [0.3, 0.4) is 0 Å². The van der Waals surface area contributed by atoms with E-state index in [4.69, 9.17) is 0 Å². The van der Waals surface area contributed by atoms with Gasteiger partial charge in [-0.1, -0.05) is 60.7 Å². The third-order valence-corrected chi connectivity index (χ3v) is 4.28. The molecule has 0 aliphatic carbocycles. The molecule has 2 aromatic carbocycles. The summed E-state index contributed by atoms with van der Waals surface area (Å²) in [6.45, 7) is 0. The van der Waals surface area contributed by atoms with Gasteiger partial charge in [-0.2, -0.15) is 0 Å². The smallest absolute Gasteiger partial charge is 0.348 e. The number of carbonyl (C=O) groups excluding carboxylic acids is 3. The van der Waals surface area contributed by atoms with Gasteiger partial charge in [0.1, 0.15) is 0 Å². The maximum Gasteiger partial charge on any atom is 0.348 e. The molecule has 0 bridgehead atoms. The van der Waals surface area contributed by atoms with Crippen molar-refractivity contribution in [2.24, 2.45) is 0 Å². The van der Waals surface area contributed by atoms with Gasteiger partial charge < -0.3 is 20.2 Å². The van der Waals surface area contributed by atoms with E-state index >= 15 is 0 Å². The quantitative estimate of drug-likeness (QED) is 0.464. The van der Waals surface area contributed by atoms with Crippen LogP contribution in [0.15, 0.2) is 60.7 Å². The van der Waals surface area contributed by atoms with Crippen molar-refractivity contribution < 1.29 is 34.5 Å². The van der Waals surface area contributed by atoms with E-state index in [9.17, 15) is 34.5 Å². The van der Waals surface area contributed by atoms with Crippen LogP contribution >= 0.6 is 0 Å². The summed E-state index contributed by atoms with van der Waals surface area (Å²) in [5, 5.41) is 31.7. The van der Waals surface area contributed by atoms with Gasteiger partial charge in [-0.3, -0.25) is 14.4 Å². The summed E-state index contributed by atoms with van der Waals surface area (Å²) in [6.07, 6.45) is 0. The Balaban J connectivity index is 2.78. The molecular weight excluding hydrogens is 366 g/mol. The zero-order valence-electron chi connectivity index (χ0n) is 15.2. The number of carboxylic acids is 1. The Bertz CT molecular complexity index is 911. The lowest BCUT2D eigenvalue weighted by Gasteiger charge is -2.38. The lowest BCUT2D eigenvalue weighted by Crippen LogP contribution is -2.73. The minimum atomic E-state index is -3.76. The van der Waals surface area contributed by atoms with Crippen molar-refractivity contribution in [3.05, 3.63) is 71.8 Å². The molecule has 146 valence electrons. The number of rotatable bonds is 7. The molecule has 8 nitrogen and oxygen atoms in total. The van der Waals surface area contributed by atoms with Crippen molar-refractivity contribution in [1.82, 2.24) is 4.90 Å². The molecule has 0 saturated heterocycles. The van der Waals surface area contributed by atoms with Crippen molar-refractivity contribution in [1.29, 1.82) is 0 Å². The molecule has 3 N–H and O–H groups in total. The average molecular weight is 385 g/mol. The molecule has 2 aromatic rings. The van der Waals surface area contributed by atoms with Crippen molar-refractivity contribution in [3.8, 4) is 0 Å². The highest BCUT2D eigenvalue weighted by atomic mass is 16.4. The number of Topliss-reactive ketones (excluding diaryl/α,β-unsaturated/α-hetero) is 2. The second-order valence-corrected chi connectivity index (χ2v) is 6.32. The number of amides is 1. The van der Waals surface area contributed by atoms with E-state index < -0.39 is 34.6 Å². The first-order chi connectivity index (χ1) is 13.1. The predicted octanol–water partition coefficient (Wildman–Crippen LogP) is 0.387. The Hall–Kier alpha value is -3.36. The number of aliphatic carboxylic acids is 1. The normalized spacial score (nSPS) is 15.0. The number of ketones is 2. The molecule has 0 spiro atoms. The molecule has 2 rings (SSSR count). The first-order valence-corrected chi connectivity index (χ1v) is 8.18. The van der Waals surface area contributed by atoms with E-state index in [0.717, 1.165) is 19.0 Å². The maximum absolute atomic E-state index is 13.0. The SMILES string of the molecule is CN(C)C(=O)[C@](O)(C(=O)c1ccccc1)[C@](O)(C(=O)O)C(=O)c1ccccc1. The van der Waals surface area contributed by atoms with Gasteiger partial charge in [-0.25, -0.2) is 4.79 Å².